The van der Waals surface area contributed by atoms with Crippen LogP contribution in [0.25, 0.3) is 0 Å². The standard InChI is InChI=1S/C9H10ClNO2.ClH/c10-7-3-1-2-6(4-7)5-8(11)9(12)13;/h1-4,8H,5,11H2,(H,12,13);1H. The highest BCUT2D eigenvalue weighted by Crippen LogP contribution is 2.11. The quantitative estimate of drug-likeness (QED) is 0.839. The van der Waals surface area contributed by atoms with E-state index in [0.717, 1.165) is 5.56 Å². The van der Waals surface area contributed by atoms with Crippen LogP contribution in [0.4, 0.5) is 0 Å². The van der Waals surface area contributed by atoms with Crippen molar-refractivity contribution in [1.29, 1.82) is 0 Å². The van der Waals surface area contributed by atoms with Crippen LogP contribution in [0.3, 0.4) is 0 Å². The summed E-state index contributed by atoms with van der Waals surface area (Å²) < 4.78 is 0. The van der Waals surface area contributed by atoms with Gasteiger partial charge in [-0.25, -0.2) is 0 Å². The van der Waals surface area contributed by atoms with Crippen molar-refractivity contribution < 1.29 is 9.90 Å². The first-order valence-corrected chi connectivity index (χ1v) is 4.20. The van der Waals surface area contributed by atoms with Gasteiger partial charge in [0, 0.05) is 5.02 Å². The van der Waals surface area contributed by atoms with Gasteiger partial charge in [-0.1, -0.05) is 23.7 Å². The molecule has 0 saturated carbocycles. The van der Waals surface area contributed by atoms with E-state index in [1.54, 1.807) is 24.3 Å². The fourth-order valence-corrected chi connectivity index (χ4v) is 1.22. The van der Waals surface area contributed by atoms with Crippen LogP contribution in [0.2, 0.25) is 5.02 Å². The Morgan fingerprint density at radius 1 is 1.57 bits per heavy atom. The molecular formula is C9H11Cl2NO2. The summed E-state index contributed by atoms with van der Waals surface area (Å²) in [5.74, 6) is -1.00. The first-order chi connectivity index (χ1) is 6.09. The number of carbonyl (C=O) groups is 1. The highest BCUT2D eigenvalue weighted by Gasteiger charge is 2.11. The highest BCUT2D eigenvalue weighted by atomic mass is 35.5. The number of benzene rings is 1. The van der Waals surface area contributed by atoms with Crippen LogP contribution in [0.1, 0.15) is 5.56 Å². The van der Waals surface area contributed by atoms with Gasteiger partial charge in [0.2, 0.25) is 0 Å². The summed E-state index contributed by atoms with van der Waals surface area (Å²) in [6.45, 7) is 0. The average Bonchev–Trinajstić information content (AvgIpc) is 2.04. The van der Waals surface area contributed by atoms with Crippen LogP contribution in [0.15, 0.2) is 24.3 Å². The van der Waals surface area contributed by atoms with Crippen molar-refractivity contribution in [2.75, 3.05) is 0 Å². The Kier molecular flexibility index (Phi) is 5.53. The maximum Gasteiger partial charge on any atom is 0.320 e. The minimum Gasteiger partial charge on any atom is -0.480 e. The molecule has 0 aromatic heterocycles. The number of halogens is 2. The van der Waals surface area contributed by atoms with E-state index in [0.29, 0.717) is 11.4 Å². The Hall–Kier alpha value is -0.770. The summed E-state index contributed by atoms with van der Waals surface area (Å²) >= 11 is 5.72. The van der Waals surface area contributed by atoms with Gasteiger partial charge in [0.1, 0.15) is 6.04 Å². The zero-order valence-corrected chi connectivity index (χ0v) is 8.89. The SMILES string of the molecule is Cl.NC(Cc1cccc(Cl)c1)C(=O)O. The molecule has 5 heteroatoms. The Bertz CT molecular complexity index is 317. The number of hydrogen-bond donors (Lipinski definition) is 2. The number of carboxylic acid groups (broad SMARTS) is 1. The Labute approximate surface area is 93.3 Å². The smallest absolute Gasteiger partial charge is 0.320 e. The zero-order valence-electron chi connectivity index (χ0n) is 7.31. The van der Waals surface area contributed by atoms with Crippen molar-refractivity contribution in [2.24, 2.45) is 5.73 Å². The van der Waals surface area contributed by atoms with Crippen molar-refractivity contribution in [3.8, 4) is 0 Å². The third-order valence-corrected chi connectivity index (χ3v) is 1.90. The molecule has 3 nitrogen and oxygen atoms in total. The molecule has 1 unspecified atom stereocenters. The lowest BCUT2D eigenvalue weighted by molar-refractivity contribution is -0.138. The second-order valence-corrected chi connectivity index (χ2v) is 3.22. The Balaban J connectivity index is 0.00000169. The van der Waals surface area contributed by atoms with Crippen molar-refractivity contribution in [3.63, 3.8) is 0 Å². The molecule has 0 saturated heterocycles. The fraction of sp³-hybridized carbons (Fsp3) is 0.222. The monoisotopic (exact) mass is 235 g/mol. The number of nitrogens with two attached hydrogens (primary N) is 1. The van der Waals surface area contributed by atoms with Gasteiger partial charge in [-0.2, -0.15) is 0 Å². The molecule has 0 radical (unpaired) electrons. The summed E-state index contributed by atoms with van der Waals surface area (Å²) in [4.78, 5) is 10.4. The predicted molar refractivity (Wildman–Crippen MR) is 58.0 cm³/mol. The van der Waals surface area contributed by atoms with E-state index in [2.05, 4.69) is 0 Å². The topological polar surface area (TPSA) is 63.3 Å². The number of rotatable bonds is 3. The molecule has 1 rings (SSSR count). The van der Waals surface area contributed by atoms with Crippen molar-refractivity contribution in [2.45, 2.75) is 12.5 Å². The molecule has 1 atom stereocenters. The van der Waals surface area contributed by atoms with Crippen LogP contribution in [0, 0.1) is 0 Å². The highest BCUT2D eigenvalue weighted by molar-refractivity contribution is 6.30. The molecule has 0 fully saturated rings. The summed E-state index contributed by atoms with van der Waals surface area (Å²) in [7, 11) is 0. The first-order valence-electron chi connectivity index (χ1n) is 3.82. The number of carboxylic acids is 1. The maximum absolute atomic E-state index is 10.4. The molecule has 0 aliphatic carbocycles. The van der Waals surface area contributed by atoms with Gasteiger partial charge in [0.05, 0.1) is 0 Å². The molecule has 0 bridgehead atoms. The second kappa shape index (κ2) is 5.86. The second-order valence-electron chi connectivity index (χ2n) is 2.78. The van der Waals surface area contributed by atoms with Crippen molar-refractivity contribution >= 4 is 30.0 Å². The van der Waals surface area contributed by atoms with Gasteiger partial charge >= 0.3 is 5.97 Å². The van der Waals surface area contributed by atoms with E-state index in [4.69, 9.17) is 22.4 Å². The zero-order chi connectivity index (χ0) is 9.84. The summed E-state index contributed by atoms with van der Waals surface area (Å²) in [5.41, 5.74) is 6.19. The lowest BCUT2D eigenvalue weighted by atomic mass is 10.1. The van der Waals surface area contributed by atoms with Gasteiger partial charge in [-0.3, -0.25) is 4.79 Å². The van der Waals surface area contributed by atoms with Crippen molar-refractivity contribution in [1.82, 2.24) is 0 Å². The molecule has 0 amide bonds. The fourth-order valence-electron chi connectivity index (χ4n) is 1.01. The van der Waals surface area contributed by atoms with Crippen molar-refractivity contribution in [3.05, 3.63) is 34.9 Å². The van der Waals surface area contributed by atoms with E-state index in [9.17, 15) is 4.79 Å². The number of hydrogen-bond acceptors (Lipinski definition) is 2. The lowest BCUT2D eigenvalue weighted by Gasteiger charge is -2.05. The van der Waals surface area contributed by atoms with Gasteiger partial charge < -0.3 is 10.8 Å². The van der Waals surface area contributed by atoms with Gasteiger partial charge in [-0.05, 0) is 24.1 Å². The maximum atomic E-state index is 10.4. The molecule has 14 heavy (non-hydrogen) atoms. The summed E-state index contributed by atoms with van der Waals surface area (Å²) in [6, 6.07) is 6.15. The molecule has 0 spiro atoms. The van der Waals surface area contributed by atoms with Crippen LogP contribution >= 0.6 is 24.0 Å². The van der Waals surface area contributed by atoms with E-state index >= 15 is 0 Å². The Morgan fingerprint density at radius 3 is 2.71 bits per heavy atom. The molecule has 0 aliphatic heterocycles. The van der Waals surface area contributed by atoms with E-state index in [-0.39, 0.29) is 12.4 Å². The van der Waals surface area contributed by atoms with Gasteiger partial charge in [-0.15, -0.1) is 12.4 Å². The molecule has 3 N–H and O–H groups in total. The molecule has 78 valence electrons. The molecule has 0 heterocycles. The third kappa shape index (κ3) is 3.96. The van der Waals surface area contributed by atoms with Gasteiger partial charge in [0.25, 0.3) is 0 Å². The van der Waals surface area contributed by atoms with Crippen LogP contribution in [-0.2, 0) is 11.2 Å². The first kappa shape index (κ1) is 13.2. The van der Waals surface area contributed by atoms with E-state index in [1.807, 2.05) is 0 Å². The largest absolute Gasteiger partial charge is 0.480 e. The van der Waals surface area contributed by atoms with Gasteiger partial charge in [0.15, 0.2) is 0 Å². The van der Waals surface area contributed by atoms with E-state index in [1.165, 1.54) is 0 Å². The average molecular weight is 236 g/mol. The number of aliphatic carboxylic acids is 1. The van der Waals surface area contributed by atoms with Crippen LogP contribution in [-0.4, -0.2) is 17.1 Å². The predicted octanol–water partition coefficient (Wildman–Crippen LogP) is 1.72. The molecule has 0 aliphatic rings. The third-order valence-electron chi connectivity index (χ3n) is 1.66. The summed E-state index contributed by atoms with van der Waals surface area (Å²) in [5, 5.41) is 9.15. The van der Waals surface area contributed by atoms with E-state index < -0.39 is 12.0 Å². The minimum absolute atomic E-state index is 0. The van der Waals surface area contributed by atoms with Crippen LogP contribution < -0.4 is 5.73 Å². The molecular weight excluding hydrogens is 225 g/mol. The summed E-state index contributed by atoms with van der Waals surface area (Å²) in [6.07, 6.45) is 0.301. The normalized spacial score (nSPS) is 11.6. The molecule has 1 aromatic carbocycles. The Morgan fingerprint density at radius 2 is 2.21 bits per heavy atom. The molecule has 1 aromatic rings. The van der Waals surface area contributed by atoms with Crippen LogP contribution in [0.5, 0.6) is 0 Å². The minimum atomic E-state index is -1.00. The lowest BCUT2D eigenvalue weighted by Crippen LogP contribution is -2.32.